The van der Waals surface area contributed by atoms with E-state index in [1.54, 1.807) is 0 Å². The van der Waals surface area contributed by atoms with Crippen molar-refractivity contribution in [3.05, 3.63) is 42.0 Å². The van der Waals surface area contributed by atoms with Crippen LogP contribution in [0.15, 0.2) is 36.4 Å². The van der Waals surface area contributed by atoms with Crippen molar-refractivity contribution < 1.29 is 9.53 Å². The number of allylic oxidation sites excluding steroid dienone is 2. The number of carbonyl (C=O) groups excluding carboxylic acids is 1. The van der Waals surface area contributed by atoms with E-state index < -0.39 is 0 Å². The number of hydrogen-bond acceptors (Lipinski definition) is 2. The third-order valence-electron chi connectivity index (χ3n) is 3.85. The number of fused-ring (bicyclic) bond motifs is 1. The van der Waals surface area contributed by atoms with Gasteiger partial charge in [-0.05, 0) is 24.8 Å². The predicted octanol–water partition coefficient (Wildman–Crippen LogP) is 2.98. The fraction of sp³-hybridized carbons (Fsp3) is 0.438. The molecule has 0 aromatic heterocycles. The molecule has 1 N–H and O–H groups in total. The van der Waals surface area contributed by atoms with Gasteiger partial charge in [0, 0.05) is 18.4 Å². The highest BCUT2D eigenvalue weighted by Gasteiger charge is 2.23. The van der Waals surface area contributed by atoms with Gasteiger partial charge < -0.3 is 10.1 Å². The molecular weight excluding hydrogens is 238 g/mol. The molecule has 0 saturated heterocycles. The summed E-state index contributed by atoms with van der Waals surface area (Å²) in [4.78, 5) is 12.1. The minimum Gasteiger partial charge on any atom is -0.493 e. The third-order valence-corrected chi connectivity index (χ3v) is 3.85. The summed E-state index contributed by atoms with van der Waals surface area (Å²) < 4.78 is 5.61. The first-order valence-electron chi connectivity index (χ1n) is 7.00. The second-order valence-corrected chi connectivity index (χ2v) is 5.26. The van der Waals surface area contributed by atoms with Gasteiger partial charge in [0.2, 0.25) is 5.91 Å². The molecule has 1 aliphatic carbocycles. The SMILES string of the molecule is O=C(C[C@@H]1C=CCC1)N[C@@H]1CCOc2ccccc21. The number of hydrogen-bond donors (Lipinski definition) is 1. The van der Waals surface area contributed by atoms with Crippen molar-refractivity contribution in [3.63, 3.8) is 0 Å². The van der Waals surface area contributed by atoms with E-state index in [0.717, 1.165) is 30.6 Å². The average Bonchev–Trinajstić information content (AvgIpc) is 2.92. The highest BCUT2D eigenvalue weighted by molar-refractivity contribution is 5.77. The number of ether oxygens (including phenoxy) is 1. The highest BCUT2D eigenvalue weighted by Crippen LogP contribution is 2.31. The van der Waals surface area contributed by atoms with E-state index in [2.05, 4.69) is 17.5 Å². The van der Waals surface area contributed by atoms with Crippen LogP contribution in [0.4, 0.5) is 0 Å². The lowest BCUT2D eigenvalue weighted by Crippen LogP contribution is -2.32. The lowest BCUT2D eigenvalue weighted by atomic mass is 9.99. The van der Waals surface area contributed by atoms with E-state index in [4.69, 9.17) is 4.74 Å². The Balaban J connectivity index is 1.64. The standard InChI is InChI=1S/C16H19NO2/c18-16(11-12-5-1-2-6-12)17-14-9-10-19-15-8-4-3-7-13(14)15/h1,3-5,7-8,12,14H,2,6,9-11H2,(H,17,18)/t12-,14-/m1/s1. The number of rotatable bonds is 3. The van der Waals surface area contributed by atoms with Crippen molar-refractivity contribution in [1.29, 1.82) is 0 Å². The Kier molecular flexibility index (Phi) is 3.53. The van der Waals surface area contributed by atoms with Crippen molar-refractivity contribution in [2.75, 3.05) is 6.61 Å². The second kappa shape index (κ2) is 5.47. The first-order chi connectivity index (χ1) is 9.33. The van der Waals surface area contributed by atoms with E-state index in [1.807, 2.05) is 24.3 Å². The summed E-state index contributed by atoms with van der Waals surface area (Å²) >= 11 is 0. The summed E-state index contributed by atoms with van der Waals surface area (Å²) in [6, 6.07) is 8.06. The van der Waals surface area contributed by atoms with Crippen molar-refractivity contribution in [3.8, 4) is 5.75 Å². The Hall–Kier alpha value is -1.77. The van der Waals surface area contributed by atoms with E-state index in [9.17, 15) is 4.79 Å². The molecule has 3 heteroatoms. The number of carbonyl (C=O) groups is 1. The summed E-state index contributed by atoms with van der Waals surface area (Å²) in [7, 11) is 0. The average molecular weight is 257 g/mol. The van der Waals surface area contributed by atoms with E-state index >= 15 is 0 Å². The largest absolute Gasteiger partial charge is 0.493 e. The van der Waals surface area contributed by atoms with Crippen molar-refractivity contribution >= 4 is 5.91 Å². The quantitative estimate of drug-likeness (QED) is 0.845. The summed E-state index contributed by atoms with van der Waals surface area (Å²) in [6.07, 6.45) is 8.01. The van der Waals surface area contributed by atoms with Gasteiger partial charge in [0.25, 0.3) is 0 Å². The molecule has 1 aromatic rings. The molecule has 0 unspecified atom stereocenters. The molecule has 100 valence electrons. The molecule has 1 aliphatic heterocycles. The molecule has 0 radical (unpaired) electrons. The monoisotopic (exact) mass is 257 g/mol. The van der Waals surface area contributed by atoms with Crippen LogP contribution in [0, 0.1) is 5.92 Å². The Bertz CT molecular complexity index is 495. The number of para-hydroxylation sites is 1. The van der Waals surface area contributed by atoms with Crippen molar-refractivity contribution in [2.45, 2.75) is 31.7 Å². The first kappa shape index (κ1) is 12.3. The zero-order valence-electron chi connectivity index (χ0n) is 11.0. The molecule has 0 saturated carbocycles. The fourth-order valence-electron chi connectivity index (χ4n) is 2.85. The third kappa shape index (κ3) is 2.80. The topological polar surface area (TPSA) is 38.3 Å². The van der Waals surface area contributed by atoms with Crippen LogP contribution in [0.2, 0.25) is 0 Å². The van der Waals surface area contributed by atoms with E-state index in [-0.39, 0.29) is 11.9 Å². The molecular formula is C16H19NO2. The molecule has 3 rings (SSSR count). The fourth-order valence-corrected chi connectivity index (χ4v) is 2.85. The van der Waals surface area contributed by atoms with E-state index in [1.165, 1.54) is 0 Å². The van der Waals surface area contributed by atoms with Gasteiger partial charge >= 0.3 is 0 Å². The van der Waals surface area contributed by atoms with Crippen LogP contribution in [0.3, 0.4) is 0 Å². The smallest absolute Gasteiger partial charge is 0.221 e. The Morgan fingerprint density at radius 1 is 1.32 bits per heavy atom. The molecule has 0 bridgehead atoms. The number of nitrogens with one attached hydrogen (secondary N) is 1. The molecule has 1 amide bonds. The number of amides is 1. The summed E-state index contributed by atoms with van der Waals surface area (Å²) in [5.41, 5.74) is 1.10. The summed E-state index contributed by atoms with van der Waals surface area (Å²) in [5.74, 6) is 1.48. The molecule has 1 aromatic carbocycles. The van der Waals surface area contributed by atoms with Crippen LogP contribution < -0.4 is 10.1 Å². The number of benzene rings is 1. The Morgan fingerprint density at radius 2 is 2.21 bits per heavy atom. The van der Waals surface area contributed by atoms with Crippen LogP contribution >= 0.6 is 0 Å². The van der Waals surface area contributed by atoms with Crippen LogP contribution in [0.5, 0.6) is 5.75 Å². The zero-order chi connectivity index (χ0) is 13.1. The lowest BCUT2D eigenvalue weighted by molar-refractivity contribution is -0.122. The Labute approximate surface area is 113 Å². The van der Waals surface area contributed by atoms with Crippen molar-refractivity contribution in [1.82, 2.24) is 5.32 Å². The zero-order valence-corrected chi connectivity index (χ0v) is 11.0. The molecule has 3 nitrogen and oxygen atoms in total. The maximum absolute atomic E-state index is 12.1. The van der Waals surface area contributed by atoms with Crippen LogP contribution in [0.1, 0.15) is 37.3 Å². The Morgan fingerprint density at radius 3 is 3.05 bits per heavy atom. The van der Waals surface area contributed by atoms with Crippen LogP contribution in [-0.2, 0) is 4.79 Å². The van der Waals surface area contributed by atoms with Gasteiger partial charge in [-0.25, -0.2) is 0 Å². The summed E-state index contributed by atoms with van der Waals surface area (Å²) in [5, 5.41) is 3.15. The lowest BCUT2D eigenvalue weighted by Gasteiger charge is -2.27. The first-order valence-corrected chi connectivity index (χ1v) is 7.00. The second-order valence-electron chi connectivity index (χ2n) is 5.26. The molecule has 1 heterocycles. The molecule has 0 fully saturated rings. The molecule has 2 atom stereocenters. The molecule has 2 aliphatic rings. The molecule has 0 spiro atoms. The predicted molar refractivity (Wildman–Crippen MR) is 73.9 cm³/mol. The van der Waals surface area contributed by atoms with E-state index in [0.29, 0.717) is 18.9 Å². The maximum atomic E-state index is 12.1. The maximum Gasteiger partial charge on any atom is 0.221 e. The minimum absolute atomic E-state index is 0.0998. The van der Waals surface area contributed by atoms with Crippen LogP contribution in [-0.4, -0.2) is 12.5 Å². The van der Waals surface area contributed by atoms with Gasteiger partial charge in [0.15, 0.2) is 0 Å². The highest BCUT2D eigenvalue weighted by atomic mass is 16.5. The van der Waals surface area contributed by atoms with Gasteiger partial charge in [-0.3, -0.25) is 4.79 Å². The molecule has 19 heavy (non-hydrogen) atoms. The summed E-state index contributed by atoms with van der Waals surface area (Å²) in [6.45, 7) is 0.672. The van der Waals surface area contributed by atoms with Gasteiger partial charge in [0.1, 0.15) is 5.75 Å². The van der Waals surface area contributed by atoms with Gasteiger partial charge in [-0.1, -0.05) is 30.4 Å². The van der Waals surface area contributed by atoms with Crippen molar-refractivity contribution in [2.24, 2.45) is 5.92 Å². The van der Waals surface area contributed by atoms with Gasteiger partial charge in [0.05, 0.1) is 12.6 Å². The normalized spacial score (nSPS) is 24.6. The van der Waals surface area contributed by atoms with Gasteiger partial charge in [-0.2, -0.15) is 0 Å². The van der Waals surface area contributed by atoms with Gasteiger partial charge in [-0.15, -0.1) is 0 Å². The minimum atomic E-state index is 0.0998. The van der Waals surface area contributed by atoms with Crippen LogP contribution in [0.25, 0.3) is 0 Å².